The lowest BCUT2D eigenvalue weighted by atomic mass is 10.0. The predicted molar refractivity (Wildman–Crippen MR) is 140 cm³/mol. The first-order chi connectivity index (χ1) is 17.6. The van der Waals surface area contributed by atoms with Crippen LogP contribution < -0.4 is 15.5 Å². The summed E-state index contributed by atoms with van der Waals surface area (Å²) in [5, 5.41) is 12.9. The second kappa shape index (κ2) is 12.4. The molecule has 7 nitrogen and oxygen atoms in total. The molecule has 0 unspecified atom stereocenters. The summed E-state index contributed by atoms with van der Waals surface area (Å²) in [4.78, 5) is 27.4. The zero-order valence-electron chi connectivity index (χ0n) is 19.8. The molecule has 4 aromatic rings. The summed E-state index contributed by atoms with van der Waals surface area (Å²) < 4.78 is 6.06. The number of hydroxylamine groups is 1. The van der Waals surface area contributed by atoms with E-state index >= 15 is 0 Å². The highest BCUT2D eigenvalue weighted by Gasteiger charge is 2.17. The van der Waals surface area contributed by atoms with E-state index in [4.69, 9.17) is 9.94 Å². The van der Waals surface area contributed by atoms with Crippen molar-refractivity contribution >= 4 is 28.8 Å². The number of carbonyl (C=O) groups is 2. The lowest BCUT2D eigenvalue weighted by Crippen LogP contribution is -2.40. The van der Waals surface area contributed by atoms with E-state index in [0.717, 1.165) is 27.6 Å². The van der Waals surface area contributed by atoms with Crippen LogP contribution in [0.15, 0.2) is 91.1 Å². The summed E-state index contributed by atoms with van der Waals surface area (Å²) in [7, 11) is 0. The summed E-state index contributed by atoms with van der Waals surface area (Å²) in [6.07, 6.45) is 6.45. The number of H-pyrrole nitrogens is 1. The third-order valence-electron chi connectivity index (χ3n) is 5.84. The Bertz CT molecular complexity index is 1330. The fourth-order valence-electron chi connectivity index (χ4n) is 4.03. The van der Waals surface area contributed by atoms with Crippen molar-refractivity contribution in [3.8, 4) is 5.75 Å². The number of fused-ring (bicyclic) bond motifs is 1. The van der Waals surface area contributed by atoms with E-state index in [-0.39, 0.29) is 18.6 Å². The quantitative estimate of drug-likeness (QED) is 0.144. The minimum Gasteiger partial charge on any atom is -0.491 e. The lowest BCUT2D eigenvalue weighted by Gasteiger charge is -2.20. The third kappa shape index (κ3) is 7.07. The number of carbonyl (C=O) groups excluding carboxylic acids is 2. The van der Waals surface area contributed by atoms with Gasteiger partial charge in [-0.2, -0.15) is 0 Å². The maximum Gasteiger partial charge on any atom is 0.267 e. The number of nitrogens with one attached hydrogen (secondary N) is 3. The fourth-order valence-corrected chi connectivity index (χ4v) is 4.03. The van der Waals surface area contributed by atoms with Crippen LogP contribution in [-0.4, -0.2) is 34.7 Å². The summed E-state index contributed by atoms with van der Waals surface area (Å²) in [6.45, 7) is 0.279. The molecule has 1 aromatic heterocycles. The van der Waals surface area contributed by atoms with Crippen molar-refractivity contribution in [1.82, 2.24) is 15.8 Å². The molecule has 0 aliphatic heterocycles. The number of rotatable bonds is 11. The van der Waals surface area contributed by atoms with Gasteiger partial charge in [0, 0.05) is 29.6 Å². The predicted octanol–water partition coefficient (Wildman–Crippen LogP) is 4.43. The number of hydrogen-bond donors (Lipinski definition) is 4. The van der Waals surface area contributed by atoms with E-state index in [1.54, 1.807) is 17.6 Å². The molecule has 0 aliphatic carbocycles. The van der Waals surface area contributed by atoms with E-state index in [9.17, 15) is 9.59 Å². The molecule has 0 aliphatic rings. The van der Waals surface area contributed by atoms with Crippen molar-refractivity contribution in [2.45, 2.75) is 25.3 Å². The third-order valence-corrected chi connectivity index (χ3v) is 5.84. The molecule has 1 heterocycles. The second-order valence-electron chi connectivity index (χ2n) is 8.51. The Morgan fingerprint density at radius 3 is 2.64 bits per heavy atom. The highest BCUT2D eigenvalue weighted by atomic mass is 16.5. The molecule has 0 radical (unpaired) electrons. The van der Waals surface area contributed by atoms with E-state index in [2.05, 4.69) is 16.4 Å². The van der Waals surface area contributed by atoms with Crippen LogP contribution in [0.1, 0.15) is 23.1 Å². The van der Waals surface area contributed by atoms with Crippen LogP contribution >= 0.6 is 0 Å². The molecule has 1 atom stereocenters. The molecule has 36 heavy (non-hydrogen) atoms. The van der Waals surface area contributed by atoms with Crippen LogP contribution in [0.5, 0.6) is 5.75 Å². The van der Waals surface area contributed by atoms with Crippen molar-refractivity contribution < 1.29 is 19.5 Å². The van der Waals surface area contributed by atoms with Gasteiger partial charge < -0.3 is 15.0 Å². The number of aromatic amines is 1. The molecule has 0 bridgehead atoms. The zero-order chi connectivity index (χ0) is 25.2. The summed E-state index contributed by atoms with van der Waals surface area (Å²) in [5.74, 6) is -0.0265. The van der Waals surface area contributed by atoms with Gasteiger partial charge in [0.1, 0.15) is 12.4 Å². The molecular weight excluding hydrogens is 454 g/mol. The Kier molecular flexibility index (Phi) is 8.51. The monoisotopic (exact) mass is 483 g/mol. The lowest BCUT2D eigenvalue weighted by molar-refractivity contribution is -0.124. The van der Waals surface area contributed by atoms with Crippen molar-refractivity contribution in [2.75, 3.05) is 6.61 Å². The van der Waals surface area contributed by atoms with Gasteiger partial charge in [0.15, 0.2) is 0 Å². The number of para-hydroxylation sites is 1. The van der Waals surface area contributed by atoms with Gasteiger partial charge in [-0.25, -0.2) is 5.48 Å². The maximum absolute atomic E-state index is 12.8. The van der Waals surface area contributed by atoms with Gasteiger partial charge in [-0.15, -0.1) is 0 Å². The molecule has 7 heteroatoms. The zero-order valence-corrected chi connectivity index (χ0v) is 19.8. The number of aromatic nitrogens is 1. The number of aryl methyl sites for hydroxylation is 1. The highest BCUT2D eigenvalue weighted by molar-refractivity contribution is 5.90. The number of benzene rings is 3. The van der Waals surface area contributed by atoms with Crippen LogP contribution in [0.4, 0.5) is 0 Å². The Morgan fingerprint density at radius 1 is 1.00 bits per heavy atom. The fraction of sp³-hybridized carbons (Fsp3) is 0.172. The average molecular weight is 484 g/mol. The van der Waals surface area contributed by atoms with Crippen LogP contribution in [0.3, 0.4) is 0 Å². The molecule has 0 fully saturated rings. The molecule has 4 rings (SSSR count). The topological polar surface area (TPSA) is 103 Å². The van der Waals surface area contributed by atoms with E-state index in [1.807, 2.05) is 72.9 Å². The highest BCUT2D eigenvalue weighted by Crippen LogP contribution is 2.20. The van der Waals surface area contributed by atoms with Crippen LogP contribution in [0.2, 0.25) is 0 Å². The van der Waals surface area contributed by atoms with Crippen molar-refractivity contribution in [1.29, 1.82) is 0 Å². The normalized spacial score (nSPS) is 11.9. The largest absolute Gasteiger partial charge is 0.491 e. The molecule has 0 saturated heterocycles. The van der Waals surface area contributed by atoms with E-state index in [1.165, 1.54) is 6.08 Å². The maximum atomic E-state index is 12.8. The Labute approximate surface area is 209 Å². The number of ether oxygens (including phenoxy) is 1. The van der Waals surface area contributed by atoms with Gasteiger partial charge in [-0.3, -0.25) is 14.8 Å². The smallest absolute Gasteiger partial charge is 0.267 e. The first-order valence-corrected chi connectivity index (χ1v) is 11.8. The van der Waals surface area contributed by atoms with Crippen LogP contribution in [0, 0.1) is 0 Å². The summed E-state index contributed by atoms with van der Waals surface area (Å²) in [6, 6.07) is 25.0. The van der Waals surface area contributed by atoms with Gasteiger partial charge in [-0.1, -0.05) is 60.7 Å². The van der Waals surface area contributed by atoms with Crippen molar-refractivity contribution in [3.63, 3.8) is 0 Å². The summed E-state index contributed by atoms with van der Waals surface area (Å²) >= 11 is 0. The van der Waals surface area contributed by atoms with Gasteiger partial charge in [-0.05, 0) is 53.8 Å². The number of hydrogen-bond acceptors (Lipinski definition) is 4. The molecule has 3 aromatic carbocycles. The molecule has 2 amide bonds. The van der Waals surface area contributed by atoms with Gasteiger partial charge in [0.05, 0.1) is 6.04 Å². The van der Waals surface area contributed by atoms with E-state index in [0.29, 0.717) is 25.0 Å². The van der Waals surface area contributed by atoms with Crippen molar-refractivity contribution in [3.05, 3.63) is 108 Å². The Morgan fingerprint density at radius 2 is 1.81 bits per heavy atom. The Hall–Kier alpha value is -4.36. The first kappa shape index (κ1) is 24.8. The number of amides is 2. The van der Waals surface area contributed by atoms with Gasteiger partial charge >= 0.3 is 0 Å². The van der Waals surface area contributed by atoms with Gasteiger partial charge in [0.2, 0.25) is 5.91 Å². The van der Waals surface area contributed by atoms with E-state index < -0.39 is 5.91 Å². The second-order valence-corrected chi connectivity index (χ2v) is 8.51. The molecule has 0 saturated carbocycles. The molecular formula is C29H29N3O4. The molecule has 184 valence electrons. The molecule has 0 spiro atoms. The standard InChI is InChI=1S/C29H29N3O4/c33-28(15-13-21-7-2-1-3-8-21)31-24(18-23-19-30-27-12-5-4-11-26(23)27)20-36-25-10-6-9-22(17-25)14-16-29(34)32-35/h1-12,14,16-17,19,24,30,35H,13,15,18,20H2,(H,31,33)(H,32,34)/b16-14+/t24-/m0/s1. The van der Waals surface area contributed by atoms with Crippen LogP contribution in [-0.2, 0) is 22.4 Å². The SMILES string of the molecule is O=C(/C=C/c1cccc(OC[C@H](Cc2c[nH]c3ccccc23)NC(=O)CCc2ccccc2)c1)NO. The van der Waals surface area contributed by atoms with Crippen LogP contribution in [0.25, 0.3) is 17.0 Å². The average Bonchev–Trinajstić information content (AvgIpc) is 3.32. The summed E-state index contributed by atoms with van der Waals surface area (Å²) in [5.41, 5.74) is 5.59. The van der Waals surface area contributed by atoms with Gasteiger partial charge in [0.25, 0.3) is 5.91 Å². The minimum absolute atomic E-state index is 0.0287. The Balaban J connectivity index is 1.44. The molecule has 4 N–H and O–H groups in total. The minimum atomic E-state index is -0.613. The van der Waals surface area contributed by atoms with Crippen molar-refractivity contribution in [2.24, 2.45) is 0 Å². The first-order valence-electron chi connectivity index (χ1n) is 11.8.